The Morgan fingerprint density at radius 2 is 1.95 bits per heavy atom. The molecule has 0 saturated carbocycles. The SMILES string of the molecule is Cc1c(N)cccc1C(=O)OCCOc1cccc(Br)c1. The van der Waals surface area contributed by atoms with Gasteiger partial charge in [0.2, 0.25) is 0 Å². The fourth-order valence-electron chi connectivity index (χ4n) is 1.80. The molecule has 2 aromatic carbocycles. The lowest BCUT2D eigenvalue weighted by atomic mass is 10.1. The Morgan fingerprint density at radius 1 is 1.19 bits per heavy atom. The molecule has 2 N–H and O–H groups in total. The topological polar surface area (TPSA) is 61.6 Å². The van der Waals surface area contributed by atoms with E-state index in [4.69, 9.17) is 15.2 Å². The number of carbonyl (C=O) groups excluding carboxylic acids is 1. The summed E-state index contributed by atoms with van der Waals surface area (Å²) in [5, 5.41) is 0. The number of halogens is 1. The number of benzene rings is 2. The van der Waals surface area contributed by atoms with Gasteiger partial charge < -0.3 is 15.2 Å². The Balaban J connectivity index is 1.83. The first kappa shape index (κ1) is 15.4. The van der Waals surface area contributed by atoms with Gasteiger partial charge in [-0.15, -0.1) is 0 Å². The third kappa shape index (κ3) is 4.23. The number of ether oxygens (including phenoxy) is 2. The molecule has 2 rings (SSSR count). The summed E-state index contributed by atoms with van der Waals surface area (Å²) in [4.78, 5) is 11.9. The van der Waals surface area contributed by atoms with Crippen LogP contribution in [-0.2, 0) is 4.74 Å². The highest BCUT2D eigenvalue weighted by Gasteiger charge is 2.11. The maximum absolute atomic E-state index is 11.9. The van der Waals surface area contributed by atoms with Gasteiger partial charge in [0.05, 0.1) is 5.56 Å². The molecule has 0 amide bonds. The number of hydrogen-bond acceptors (Lipinski definition) is 4. The highest BCUT2D eigenvalue weighted by molar-refractivity contribution is 9.10. The van der Waals surface area contributed by atoms with E-state index in [9.17, 15) is 4.79 Å². The minimum atomic E-state index is -0.391. The number of carbonyl (C=O) groups is 1. The molecular weight excluding hydrogens is 334 g/mol. The maximum Gasteiger partial charge on any atom is 0.338 e. The first-order valence-corrected chi connectivity index (χ1v) is 7.28. The van der Waals surface area contributed by atoms with Crippen LogP contribution in [0.25, 0.3) is 0 Å². The summed E-state index contributed by atoms with van der Waals surface area (Å²) in [7, 11) is 0. The number of esters is 1. The second-order valence-electron chi connectivity index (χ2n) is 4.46. The highest BCUT2D eigenvalue weighted by atomic mass is 79.9. The molecule has 0 heterocycles. The van der Waals surface area contributed by atoms with Gasteiger partial charge in [-0.05, 0) is 42.8 Å². The van der Waals surface area contributed by atoms with E-state index in [1.165, 1.54) is 0 Å². The van der Waals surface area contributed by atoms with Crippen molar-refractivity contribution >= 4 is 27.6 Å². The van der Waals surface area contributed by atoms with Crippen molar-refractivity contribution < 1.29 is 14.3 Å². The van der Waals surface area contributed by atoms with Crippen molar-refractivity contribution in [3.8, 4) is 5.75 Å². The number of nitrogen functional groups attached to an aromatic ring is 1. The average Bonchev–Trinajstić information content (AvgIpc) is 2.46. The highest BCUT2D eigenvalue weighted by Crippen LogP contribution is 2.18. The van der Waals surface area contributed by atoms with Crippen LogP contribution in [0.2, 0.25) is 0 Å². The van der Waals surface area contributed by atoms with Crippen LogP contribution in [0.4, 0.5) is 5.69 Å². The van der Waals surface area contributed by atoms with E-state index in [2.05, 4.69) is 15.9 Å². The molecule has 0 bridgehead atoms. The zero-order valence-corrected chi connectivity index (χ0v) is 13.2. The monoisotopic (exact) mass is 349 g/mol. The van der Waals surface area contributed by atoms with E-state index in [1.807, 2.05) is 24.3 Å². The molecule has 2 aromatic rings. The predicted octanol–water partition coefficient (Wildman–Crippen LogP) is 3.58. The van der Waals surface area contributed by atoms with Gasteiger partial charge >= 0.3 is 5.97 Å². The van der Waals surface area contributed by atoms with Crippen LogP contribution in [0, 0.1) is 6.92 Å². The van der Waals surface area contributed by atoms with Crippen LogP contribution in [-0.4, -0.2) is 19.2 Å². The van der Waals surface area contributed by atoms with Crippen LogP contribution in [0.3, 0.4) is 0 Å². The zero-order valence-electron chi connectivity index (χ0n) is 11.6. The quantitative estimate of drug-likeness (QED) is 0.509. The molecule has 0 atom stereocenters. The van der Waals surface area contributed by atoms with E-state index >= 15 is 0 Å². The molecule has 0 fully saturated rings. The van der Waals surface area contributed by atoms with E-state index in [1.54, 1.807) is 25.1 Å². The van der Waals surface area contributed by atoms with Crippen molar-refractivity contribution in [3.05, 3.63) is 58.1 Å². The Morgan fingerprint density at radius 3 is 2.71 bits per heavy atom. The Hall–Kier alpha value is -2.01. The van der Waals surface area contributed by atoms with Crippen molar-refractivity contribution in [2.45, 2.75) is 6.92 Å². The summed E-state index contributed by atoms with van der Waals surface area (Å²) in [5.41, 5.74) is 7.56. The maximum atomic E-state index is 11.9. The lowest BCUT2D eigenvalue weighted by molar-refractivity contribution is 0.0449. The molecule has 5 heteroatoms. The number of rotatable bonds is 5. The molecule has 4 nitrogen and oxygen atoms in total. The van der Waals surface area contributed by atoms with E-state index in [0.717, 1.165) is 15.8 Å². The van der Waals surface area contributed by atoms with Gasteiger partial charge in [0.1, 0.15) is 19.0 Å². The summed E-state index contributed by atoms with van der Waals surface area (Å²) >= 11 is 3.36. The van der Waals surface area contributed by atoms with Crippen LogP contribution in [0.5, 0.6) is 5.75 Å². The molecule has 0 aromatic heterocycles. The van der Waals surface area contributed by atoms with Gasteiger partial charge in [-0.3, -0.25) is 0 Å². The smallest absolute Gasteiger partial charge is 0.338 e. The Labute approximate surface area is 132 Å². The average molecular weight is 350 g/mol. The fraction of sp³-hybridized carbons (Fsp3) is 0.188. The standard InChI is InChI=1S/C16H16BrNO3/c1-11-14(6-3-7-15(11)18)16(19)21-9-8-20-13-5-2-4-12(17)10-13/h2-7,10H,8-9,18H2,1H3. The molecule has 0 aliphatic carbocycles. The molecule has 0 unspecified atom stereocenters. The second-order valence-corrected chi connectivity index (χ2v) is 5.38. The van der Waals surface area contributed by atoms with Gasteiger partial charge in [-0.1, -0.05) is 28.1 Å². The Kier molecular flexibility index (Phi) is 5.22. The molecule has 0 radical (unpaired) electrons. The predicted molar refractivity (Wildman–Crippen MR) is 85.5 cm³/mol. The van der Waals surface area contributed by atoms with Crippen molar-refractivity contribution in [2.24, 2.45) is 0 Å². The lowest BCUT2D eigenvalue weighted by Crippen LogP contribution is -2.13. The molecule has 110 valence electrons. The van der Waals surface area contributed by atoms with Crippen LogP contribution < -0.4 is 10.5 Å². The minimum Gasteiger partial charge on any atom is -0.490 e. The molecule has 21 heavy (non-hydrogen) atoms. The van der Waals surface area contributed by atoms with Crippen molar-refractivity contribution in [1.82, 2.24) is 0 Å². The number of nitrogens with two attached hydrogens (primary N) is 1. The van der Waals surface area contributed by atoms with Gasteiger partial charge in [0.15, 0.2) is 0 Å². The van der Waals surface area contributed by atoms with Crippen molar-refractivity contribution in [3.63, 3.8) is 0 Å². The summed E-state index contributed by atoms with van der Waals surface area (Å²) in [5.74, 6) is 0.332. The molecule has 0 aliphatic heterocycles. The Bertz CT molecular complexity index is 643. The van der Waals surface area contributed by atoms with Crippen molar-refractivity contribution in [2.75, 3.05) is 18.9 Å². The first-order chi connectivity index (χ1) is 10.1. The molecule has 0 spiro atoms. The molecular formula is C16H16BrNO3. The molecule has 0 saturated heterocycles. The summed E-state index contributed by atoms with van der Waals surface area (Å²) in [6, 6.07) is 12.7. The molecule has 0 aliphatic rings. The minimum absolute atomic E-state index is 0.180. The number of anilines is 1. The second kappa shape index (κ2) is 7.13. The van der Waals surface area contributed by atoms with Crippen LogP contribution in [0.15, 0.2) is 46.9 Å². The van der Waals surface area contributed by atoms with Gasteiger partial charge in [0.25, 0.3) is 0 Å². The van der Waals surface area contributed by atoms with E-state index in [0.29, 0.717) is 17.9 Å². The summed E-state index contributed by atoms with van der Waals surface area (Å²) in [6.07, 6.45) is 0. The first-order valence-electron chi connectivity index (χ1n) is 6.48. The lowest BCUT2D eigenvalue weighted by Gasteiger charge is -2.10. The van der Waals surface area contributed by atoms with Gasteiger partial charge in [-0.2, -0.15) is 0 Å². The van der Waals surface area contributed by atoms with Crippen molar-refractivity contribution in [1.29, 1.82) is 0 Å². The summed E-state index contributed by atoms with van der Waals surface area (Å²) in [6.45, 7) is 2.27. The van der Waals surface area contributed by atoms with E-state index in [-0.39, 0.29) is 6.61 Å². The van der Waals surface area contributed by atoms with Gasteiger partial charge in [0, 0.05) is 10.2 Å². The van der Waals surface area contributed by atoms with E-state index < -0.39 is 5.97 Å². The fourth-order valence-corrected chi connectivity index (χ4v) is 2.18. The normalized spacial score (nSPS) is 10.2. The third-order valence-electron chi connectivity index (χ3n) is 2.98. The number of hydrogen-bond donors (Lipinski definition) is 1. The largest absolute Gasteiger partial charge is 0.490 e. The van der Waals surface area contributed by atoms with Crippen LogP contribution >= 0.6 is 15.9 Å². The summed E-state index contributed by atoms with van der Waals surface area (Å²) < 4.78 is 11.6. The van der Waals surface area contributed by atoms with Crippen LogP contribution in [0.1, 0.15) is 15.9 Å². The van der Waals surface area contributed by atoms with Gasteiger partial charge in [-0.25, -0.2) is 4.79 Å². The third-order valence-corrected chi connectivity index (χ3v) is 3.47. The zero-order chi connectivity index (χ0) is 15.2.